The van der Waals surface area contributed by atoms with Crippen LogP contribution in [-0.4, -0.2) is 0 Å². The highest BCUT2D eigenvalue weighted by molar-refractivity contribution is 7.25. The zero-order chi connectivity index (χ0) is 31.3. The van der Waals surface area contributed by atoms with E-state index in [2.05, 4.69) is 170 Å². The van der Waals surface area contributed by atoms with Gasteiger partial charge in [-0.15, -0.1) is 11.3 Å². The van der Waals surface area contributed by atoms with Crippen molar-refractivity contribution in [3.8, 4) is 11.1 Å². The molecule has 47 heavy (non-hydrogen) atoms. The molecule has 0 spiro atoms. The summed E-state index contributed by atoms with van der Waals surface area (Å²) in [5.74, 6) is 0. The summed E-state index contributed by atoms with van der Waals surface area (Å²) in [7, 11) is 0. The van der Waals surface area contributed by atoms with Crippen molar-refractivity contribution in [2.45, 2.75) is 19.3 Å². The molecule has 1 aromatic heterocycles. The summed E-state index contributed by atoms with van der Waals surface area (Å²) in [4.78, 5) is 2.40. The third kappa shape index (κ3) is 3.83. The van der Waals surface area contributed by atoms with E-state index in [4.69, 9.17) is 0 Å². The van der Waals surface area contributed by atoms with E-state index in [9.17, 15) is 0 Å². The molecule has 2 heteroatoms. The lowest BCUT2D eigenvalue weighted by atomic mass is 9.79. The molecule has 0 aliphatic heterocycles. The Morgan fingerprint density at radius 1 is 0.447 bits per heavy atom. The third-order valence-electron chi connectivity index (χ3n) is 10.4. The van der Waals surface area contributed by atoms with Crippen LogP contribution in [0.25, 0.3) is 63.6 Å². The molecular weight excluding hydrogens is 587 g/mol. The topological polar surface area (TPSA) is 3.24 Å². The minimum Gasteiger partial charge on any atom is -0.310 e. The monoisotopic (exact) mass is 617 g/mol. The number of rotatable bonds is 3. The van der Waals surface area contributed by atoms with E-state index < -0.39 is 0 Å². The molecule has 0 radical (unpaired) electrons. The smallest absolute Gasteiger partial charge is 0.0468 e. The summed E-state index contributed by atoms with van der Waals surface area (Å²) in [5, 5.41) is 10.5. The fraction of sp³-hybridized carbons (Fsp3) is 0.0667. The highest BCUT2D eigenvalue weighted by atomic mass is 32.1. The van der Waals surface area contributed by atoms with Gasteiger partial charge >= 0.3 is 0 Å². The molecule has 1 heterocycles. The fourth-order valence-electron chi connectivity index (χ4n) is 8.23. The van der Waals surface area contributed by atoms with Crippen molar-refractivity contribution in [3.05, 3.63) is 163 Å². The quantitative estimate of drug-likeness (QED) is 0.178. The van der Waals surface area contributed by atoms with Crippen molar-refractivity contribution in [3.63, 3.8) is 0 Å². The van der Waals surface area contributed by atoms with Gasteiger partial charge in [0, 0.05) is 42.6 Å². The number of fused-ring (bicyclic) bond motifs is 12. The molecule has 9 aromatic rings. The van der Waals surface area contributed by atoms with E-state index in [0.29, 0.717) is 0 Å². The molecule has 0 saturated heterocycles. The largest absolute Gasteiger partial charge is 0.310 e. The molecule has 1 aliphatic rings. The number of thiophene rings is 1. The van der Waals surface area contributed by atoms with E-state index in [1.165, 1.54) is 80.4 Å². The molecule has 8 aromatic carbocycles. The Morgan fingerprint density at radius 2 is 1.06 bits per heavy atom. The molecule has 0 fully saturated rings. The SMILES string of the molecule is CC1(C)c2cc3cc(N(c4ccccc4)c4ccc5sc6ccccc6c5c4)ccc3cc2-c2c1c1ccccc1c1ccccc21. The summed E-state index contributed by atoms with van der Waals surface area (Å²) < 4.78 is 2.65. The van der Waals surface area contributed by atoms with E-state index in [1.807, 2.05) is 11.3 Å². The maximum atomic E-state index is 2.47. The highest BCUT2D eigenvalue weighted by Gasteiger charge is 2.38. The predicted molar refractivity (Wildman–Crippen MR) is 204 cm³/mol. The number of nitrogens with zero attached hydrogens (tertiary/aromatic N) is 1. The van der Waals surface area contributed by atoms with Crippen molar-refractivity contribution in [1.29, 1.82) is 0 Å². The van der Waals surface area contributed by atoms with Gasteiger partial charge in [-0.1, -0.05) is 105 Å². The number of benzene rings is 8. The molecule has 10 rings (SSSR count). The van der Waals surface area contributed by atoms with Gasteiger partial charge in [0.05, 0.1) is 0 Å². The Kier molecular flexibility index (Phi) is 5.57. The molecule has 222 valence electrons. The molecule has 0 N–H and O–H groups in total. The maximum absolute atomic E-state index is 2.47. The number of hydrogen-bond donors (Lipinski definition) is 0. The summed E-state index contributed by atoms with van der Waals surface area (Å²) in [6, 6.07) is 56.2. The summed E-state index contributed by atoms with van der Waals surface area (Å²) in [6.07, 6.45) is 0. The van der Waals surface area contributed by atoms with Gasteiger partial charge in [0.2, 0.25) is 0 Å². The number of para-hydroxylation sites is 1. The van der Waals surface area contributed by atoms with Crippen LogP contribution in [0.1, 0.15) is 25.0 Å². The summed E-state index contributed by atoms with van der Waals surface area (Å²) in [5.41, 5.74) is 8.94. The van der Waals surface area contributed by atoms with Crippen molar-refractivity contribution in [2.24, 2.45) is 0 Å². The second kappa shape index (κ2) is 9.78. The zero-order valence-corrected chi connectivity index (χ0v) is 27.1. The van der Waals surface area contributed by atoms with Gasteiger partial charge in [-0.2, -0.15) is 0 Å². The molecule has 0 unspecified atom stereocenters. The molecule has 0 amide bonds. The predicted octanol–water partition coefficient (Wildman–Crippen LogP) is 13.3. The van der Waals surface area contributed by atoms with Crippen LogP contribution < -0.4 is 4.90 Å². The standard InChI is InChI=1S/C45H31NS/c1-45(2)40-26-29-24-31(46(30-12-4-3-5-13-30)32-22-23-42-38(27-32)35-16-10-11-19-41(35)47-42)21-20-28(29)25-39(40)43-36-17-8-6-14-33(36)34-15-7-9-18-37(34)44(43)45/h3-27H,1-2H3. The molecular formula is C45H31NS. The Hall–Kier alpha value is -5.44. The highest BCUT2D eigenvalue weighted by Crippen LogP contribution is 2.55. The van der Waals surface area contributed by atoms with Gasteiger partial charge in [-0.3, -0.25) is 0 Å². The van der Waals surface area contributed by atoms with Gasteiger partial charge in [0.15, 0.2) is 0 Å². The van der Waals surface area contributed by atoms with Gasteiger partial charge < -0.3 is 4.90 Å². The van der Waals surface area contributed by atoms with Crippen LogP contribution >= 0.6 is 11.3 Å². The van der Waals surface area contributed by atoms with Crippen LogP contribution in [0, 0.1) is 0 Å². The van der Waals surface area contributed by atoms with Crippen molar-refractivity contribution in [1.82, 2.24) is 0 Å². The first-order valence-electron chi connectivity index (χ1n) is 16.4. The van der Waals surface area contributed by atoms with Crippen LogP contribution in [-0.2, 0) is 5.41 Å². The second-order valence-electron chi connectivity index (χ2n) is 13.3. The lowest BCUT2D eigenvalue weighted by Crippen LogP contribution is -2.15. The Bertz CT molecular complexity index is 2720. The normalized spacial score (nSPS) is 13.5. The minimum absolute atomic E-state index is 0.136. The molecule has 0 saturated carbocycles. The zero-order valence-electron chi connectivity index (χ0n) is 26.3. The molecule has 0 atom stereocenters. The van der Waals surface area contributed by atoms with E-state index in [1.54, 1.807) is 0 Å². The van der Waals surface area contributed by atoms with Crippen molar-refractivity contribution in [2.75, 3.05) is 4.90 Å². The first-order valence-corrected chi connectivity index (χ1v) is 17.2. The first kappa shape index (κ1) is 26.7. The van der Waals surface area contributed by atoms with Gasteiger partial charge in [0.1, 0.15) is 0 Å². The van der Waals surface area contributed by atoms with E-state index in [0.717, 1.165) is 11.4 Å². The molecule has 0 bridgehead atoms. The molecule has 1 aliphatic carbocycles. The van der Waals surface area contributed by atoms with Gasteiger partial charge in [0.25, 0.3) is 0 Å². The van der Waals surface area contributed by atoms with Crippen LogP contribution in [0.15, 0.2) is 152 Å². The van der Waals surface area contributed by atoms with Crippen LogP contribution in [0.5, 0.6) is 0 Å². The number of anilines is 3. The van der Waals surface area contributed by atoms with Crippen LogP contribution in [0.3, 0.4) is 0 Å². The van der Waals surface area contributed by atoms with Gasteiger partial charge in [-0.05, 0) is 115 Å². The van der Waals surface area contributed by atoms with Gasteiger partial charge in [-0.25, -0.2) is 0 Å². The summed E-state index contributed by atoms with van der Waals surface area (Å²) >= 11 is 1.86. The maximum Gasteiger partial charge on any atom is 0.0468 e. The van der Waals surface area contributed by atoms with Crippen LogP contribution in [0.4, 0.5) is 17.1 Å². The Morgan fingerprint density at radius 3 is 1.87 bits per heavy atom. The molecule has 1 nitrogen and oxygen atoms in total. The van der Waals surface area contributed by atoms with Crippen LogP contribution in [0.2, 0.25) is 0 Å². The van der Waals surface area contributed by atoms with E-state index in [-0.39, 0.29) is 5.41 Å². The average Bonchev–Trinajstić information content (AvgIpc) is 3.59. The lowest BCUT2D eigenvalue weighted by molar-refractivity contribution is 0.667. The third-order valence-corrected chi connectivity index (χ3v) is 11.5. The minimum atomic E-state index is -0.136. The fourth-order valence-corrected chi connectivity index (χ4v) is 9.32. The Labute approximate surface area is 278 Å². The second-order valence-corrected chi connectivity index (χ2v) is 14.4. The first-order chi connectivity index (χ1) is 23.1. The lowest BCUT2D eigenvalue weighted by Gasteiger charge is -2.26. The average molecular weight is 618 g/mol. The van der Waals surface area contributed by atoms with E-state index >= 15 is 0 Å². The van der Waals surface area contributed by atoms with Crippen molar-refractivity contribution >= 4 is 80.9 Å². The van der Waals surface area contributed by atoms with Crippen molar-refractivity contribution < 1.29 is 0 Å². The number of hydrogen-bond acceptors (Lipinski definition) is 2. The summed E-state index contributed by atoms with van der Waals surface area (Å²) in [6.45, 7) is 4.82. The Balaban J connectivity index is 1.19.